The van der Waals surface area contributed by atoms with Crippen molar-refractivity contribution >= 4 is 0 Å². The predicted molar refractivity (Wildman–Crippen MR) is 42.3 cm³/mol. The van der Waals surface area contributed by atoms with Crippen molar-refractivity contribution in [2.75, 3.05) is 13.1 Å². The molecule has 1 heterocycles. The molecule has 1 aliphatic heterocycles. The molecule has 1 rings (SSSR count). The van der Waals surface area contributed by atoms with Crippen LogP contribution in [0.1, 0.15) is 0 Å². The number of hydrogen-bond donors (Lipinski definition) is 3. The Hall–Kier alpha value is -0.960. The second-order valence-corrected chi connectivity index (χ2v) is 2.49. The standard InChI is InChI=1S/C7H13N3/c1-5(8)6(2)9-3-7-4-10-7/h7,9-10H,1-4,8H2. The highest BCUT2D eigenvalue weighted by Crippen LogP contribution is 1.97. The summed E-state index contributed by atoms with van der Waals surface area (Å²) >= 11 is 0. The molecular formula is C7H13N3. The SMILES string of the molecule is C=C(N)C(=C)NCC1CN1. The van der Waals surface area contributed by atoms with Crippen molar-refractivity contribution in [2.45, 2.75) is 6.04 Å². The molecule has 0 aliphatic carbocycles. The highest BCUT2D eigenvalue weighted by atomic mass is 15.1. The van der Waals surface area contributed by atoms with Gasteiger partial charge in [0.15, 0.2) is 0 Å². The van der Waals surface area contributed by atoms with Crippen molar-refractivity contribution in [3.05, 3.63) is 24.6 Å². The molecule has 0 saturated carbocycles. The summed E-state index contributed by atoms with van der Waals surface area (Å²) in [7, 11) is 0. The van der Waals surface area contributed by atoms with E-state index in [1.807, 2.05) is 0 Å². The summed E-state index contributed by atoms with van der Waals surface area (Å²) in [5.41, 5.74) is 6.61. The molecule has 1 saturated heterocycles. The number of nitrogens with two attached hydrogens (primary N) is 1. The molecule has 0 bridgehead atoms. The molecule has 56 valence electrons. The van der Waals surface area contributed by atoms with Crippen LogP contribution in [-0.2, 0) is 0 Å². The van der Waals surface area contributed by atoms with Gasteiger partial charge in [-0.1, -0.05) is 13.2 Å². The van der Waals surface area contributed by atoms with E-state index in [0.717, 1.165) is 18.8 Å². The Kier molecular flexibility index (Phi) is 1.97. The Morgan fingerprint density at radius 3 is 2.70 bits per heavy atom. The van der Waals surface area contributed by atoms with Crippen LogP contribution in [0, 0.1) is 0 Å². The van der Waals surface area contributed by atoms with Crippen LogP contribution in [-0.4, -0.2) is 19.1 Å². The molecule has 0 amide bonds. The predicted octanol–water partition coefficient (Wildman–Crippen LogP) is -0.466. The topological polar surface area (TPSA) is 60.0 Å². The fraction of sp³-hybridized carbons (Fsp3) is 0.429. The highest BCUT2D eigenvalue weighted by Gasteiger charge is 2.18. The molecule has 1 unspecified atom stereocenters. The highest BCUT2D eigenvalue weighted by molar-refractivity contribution is 5.19. The molecule has 0 aromatic rings. The van der Waals surface area contributed by atoms with Gasteiger partial charge in [0.2, 0.25) is 0 Å². The zero-order valence-electron chi connectivity index (χ0n) is 5.98. The molecule has 3 heteroatoms. The molecule has 3 nitrogen and oxygen atoms in total. The molecule has 0 radical (unpaired) electrons. The molecule has 1 atom stereocenters. The minimum absolute atomic E-state index is 0.514. The van der Waals surface area contributed by atoms with Crippen LogP contribution < -0.4 is 16.4 Å². The smallest absolute Gasteiger partial charge is 0.0495 e. The van der Waals surface area contributed by atoms with Gasteiger partial charge in [0.05, 0.1) is 0 Å². The minimum Gasteiger partial charge on any atom is -0.398 e. The summed E-state index contributed by atoms with van der Waals surface area (Å²) in [6.45, 7) is 9.23. The number of rotatable bonds is 4. The lowest BCUT2D eigenvalue weighted by atomic mass is 10.3. The zero-order valence-corrected chi connectivity index (χ0v) is 5.98. The molecular weight excluding hydrogens is 126 g/mol. The van der Waals surface area contributed by atoms with Crippen LogP contribution in [0.25, 0.3) is 0 Å². The maximum absolute atomic E-state index is 5.37. The van der Waals surface area contributed by atoms with E-state index < -0.39 is 0 Å². The number of nitrogens with one attached hydrogen (secondary N) is 2. The lowest BCUT2D eigenvalue weighted by molar-refractivity contribution is 0.782. The second-order valence-electron chi connectivity index (χ2n) is 2.49. The van der Waals surface area contributed by atoms with Crippen molar-refractivity contribution in [1.82, 2.24) is 10.6 Å². The average molecular weight is 139 g/mol. The van der Waals surface area contributed by atoms with Crippen LogP contribution >= 0.6 is 0 Å². The number of hydrogen-bond acceptors (Lipinski definition) is 3. The van der Waals surface area contributed by atoms with Gasteiger partial charge in [-0.2, -0.15) is 0 Å². The van der Waals surface area contributed by atoms with Gasteiger partial charge in [-0.15, -0.1) is 0 Å². The first-order valence-electron chi connectivity index (χ1n) is 3.31. The van der Waals surface area contributed by atoms with E-state index in [2.05, 4.69) is 23.8 Å². The molecule has 10 heavy (non-hydrogen) atoms. The Labute approximate surface area is 61.0 Å². The lowest BCUT2D eigenvalue weighted by Gasteiger charge is -2.06. The maximum atomic E-state index is 5.37. The second kappa shape index (κ2) is 2.75. The third kappa shape index (κ3) is 2.11. The fourth-order valence-electron chi connectivity index (χ4n) is 0.588. The van der Waals surface area contributed by atoms with E-state index in [1.165, 1.54) is 0 Å². The summed E-state index contributed by atoms with van der Waals surface area (Å²) in [4.78, 5) is 0. The first kappa shape index (κ1) is 7.15. The Bertz CT molecular complexity index is 158. The van der Waals surface area contributed by atoms with E-state index >= 15 is 0 Å². The van der Waals surface area contributed by atoms with Crippen molar-refractivity contribution in [3.63, 3.8) is 0 Å². The molecule has 0 spiro atoms. The summed E-state index contributed by atoms with van der Waals surface area (Å²) in [6.07, 6.45) is 0. The van der Waals surface area contributed by atoms with E-state index in [4.69, 9.17) is 5.73 Å². The van der Waals surface area contributed by atoms with Crippen molar-refractivity contribution < 1.29 is 0 Å². The van der Waals surface area contributed by atoms with E-state index in [-0.39, 0.29) is 0 Å². The van der Waals surface area contributed by atoms with Gasteiger partial charge >= 0.3 is 0 Å². The van der Waals surface area contributed by atoms with Crippen LogP contribution in [0.4, 0.5) is 0 Å². The summed E-state index contributed by atoms with van der Waals surface area (Å²) in [5, 5.41) is 6.22. The molecule has 1 aliphatic rings. The largest absolute Gasteiger partial charge is 0.398 e. The third-order valence-electron chi connectivity index (χ3n) is 1.44. The van der Waals surface area contributed by atoms with E-state index in [9.17, 15) is 0 Å². The van der Waals surface area contributed by atoms with Gasteiger partial charge in [-0.25, -0.2) is 0 Å². The van der Waals surface area contributed by atoms with E-state index in [1.54, 1.807) is 0 Å². The van der Waals surface area contributed by atoms with Gasteiger partial charge in [0.25, 0.3) is 0 Å². The lowest BCUT2D eigenvalue weighted by Crippen LogP contribution is -2.22. The molecule has 0 aromatic heterocycles. The van der Waals surface area contributed by atoms with Gasteiger partial charge in [-0.3, -0.25) is 0 Å². The first-order valence-corrected chi connectivity index (χ1v) is 3.31. The monoisotopic (exact) mass is 139 g/mol. The maximum Gasteiger partial charge on any atom is 0.0495 e. The van der Waals surface area contributed by atoms with Crippen LogP contribution in [0.15, 0.2) is 24.6 Å². The van der Waals surface area contributed by atoms with Crippen LogP contribution in [0.2, 0.25) is 0 Å². The quantitative estimate of drug-likeness (QED) is 0.364. The molecule has 1 fully saturated rings. The first-order chi connectivity index (χ1) is 4.70. The van der Waals surface area contributed by atoms with E-state index in [0.29, 0.717) is 11.7 Å². The summed E-state index contributed by atoms with van der Waals surface area (Å²) in [5.74, 6) is 0. The zero-order chi connectivity index (χ0) is 7.56. The molecule has 0 aromatic carbocycles. The Morgan fingerprint density at radius 1 is 1.70 bits per heavy atom. The Morgan fingerprint density at radius 2 is 2.30 bits per heavy atom. The fourth-order valence-corrected chi connectivity index (χ4v) is 0.588. The van der Waals surface area contributed by atoms with Gasteiger partial charge in [0, 0.05) is 30.5 Å². The van der Waals surface area contributed by atoms with Crippen molar-refractivity contribution in [1.29, 1.82) is 0 Å². The Balaban J connectivity index is 2.11. The normalized spacial score (nSPS) is 21.8. The van der Waals surface area contributed by atoms with Crippen LogP contribution in [0.5, 0.6) is 0 Å². The summed E-state index contributed by atoms with van der Waals surface area (Å²) in [6, 6.07) is 0.607. The van der Waals surface area contributed by atoms with Gasteiger partial charge in [0.1, 0.15) is 0 Å². The van der Waals surface area contributed by atoms with Gasteiger partial charge in [-0.05, 0) is 0 Å². The van der Waals surface area contributed by atoms with Crippen molar-refractivity contribution in [3.8, 4) is 0 Å². The molecule has 4 N–H and O–H groups in total. The third-order valence-corrected chi connectivity index (χ3v) is 1.44. The van der Waals surface area contributed by atoms with Gasteiger partial charge < -0.3 is 16.4 Å². The van der Waals surface area contributed by atoms with Crippen molar-refractivity contribution in [2.24, 2.45) is 5.73 Å². The van der Waals surface area contributed by atoms with Crippen LogP contribution in [0.3, 0.4) is 0 Å². The average Bonchev–Trinajstić information content (AvgIpc) is 2.64. The minimum atomic E-state index is 0.514. The summed E-state index contributed by atoms with van der Waals surface area (Å²) < 4.78 is 0.